The van der Waals surface area contributed by atoms with Crippen LogP contribution in [0.3, 0.4) is 0 Å². The van der Waals surface area contributed by atoms with Gasteiger partial charge in [-0.15, -0.1) is 0 Å². The van der Waals surface area contributed by atoms with Crippen LogP contribution >= 0.6 is 0 Å². The fraction of sp³-hybridized carbons (Fsp3) is 0.400. The molecule has 2 atom stereocenters. The number of aliphatic carboxylic acids is 1. The van der Waals surface area contributed by atoms with E-state index in [1.54, 1.807) is 6.92 Å². The highest BCUT2D eigenvalue weighted by Crippen LogP contribution is 2.31. The van der Waals surface area contributed by atoms with Crippen molar-refractivity contribution < 1.29 is 43.9 Å². The van der Waals surface area contributed by atoms with Crippen molar-refractivity contribution in [3.8, 4) is 5.75 Å². The van der Waals surface area contributed by atoms with Crippen LogP contribution in [0.4, 0.5) is 8.78 Å². The second kappa shape index (κ2) is 7.45. The van der Waals surface area contributed by atoms with Crippen molar-refractivity contribution in [3.05, 3.63) is 34.7 Å². The van der Waals surface area contributed by atoms with Gasteiger partial charge in [0.2, 0.25) is 5.69 Å². The molecule has 0 amide bonds. The van der Waals surface area contributed by atoms with Crippen LogP contribution in [0.25, 0.3) is 0 Å². The highest BCUT2D eigenvalue weighted by Gasteiger charge is 2.36. The number of hydrogen-bond acceptors (Lipinski definition) is 5. The van der Waals surface area contributed by atoms with Gasteiger partial charge in [-0.3, -0.25) is 0 Å². The molecule has 1 aliphatic carbocycles. The van der Waals surface area contributed by atoms with E-state index in [1.807, 2.05) is 0 Å². The molecule has 1 saturated carbocycles. The zero-order valence-electron chi connectivity index (χ0n) is 12.8. The topological polar surface area (TPSA) is 121 Å². The number of aromatic nitrogens is 1. The number of carbonyl (C=O) groups excluding carboxylic acids is 1. The molecule has 1 heterocycles. The molecule has 130 valence electrons. The Hall–Kier alpha value is -2.39. The third kappa shape index (κ3) is 3.74. The van der Waals surface area contributed by atoms with Gasteiger partial charge >= 0.3 is 0 Å². The van der Waals surface area contributed by atoms with Crippen LogP contribution in [0.1, 0.15) is 29.7 Å². The summed E-state index contributed by atoms with van der Waals surface area (Å²) >= 11 is 0. The Labute approximate surface area is 135 Å². The zero-order valence-corrected chi connectivity index (χ0v) is 12.8. The van der Waals surface area contributed by atoms with Gasteiger partial charge in [0.1, 0.15) is 0 Å². The Balaban J connectivity index is 2.35. The summed E-state index contributed by atoms with van der Waals surface area (Å²) in [5.74, 6) is -2.56. The Morgan fingerprint density at radius 3 is 2.88 bits per heavy atom. The van der Waals surface area contributed by atoms with Crippen molar-refractivity contribution in [1.29, 1.82) is 0 Å². The first-order valence-electron chi connectivity index (χ1n) is 7.17. The summed E-state index contributed by atoms with van der Waals surface area (Å²) in [6, 6.07) is -0.900. The summed E-state index contributed by atoms with van der Waals surface area (Å²) in [6.07, 6.45) is 0.439. The first-order chi connectivity index (χ1) is 11.3. The number of aromatic amines is 1. The van der Waals surface area contributed by atoms with Gasteiger partial charge in [0.15, 0.2) is 24.2 Å². The first kappa shape index (κ1) is 18.0. The van der Waals surface area contributed by atoms with Gasteiger partial charge in [-0.1, -0.05) is 0 Å². The number of carboxylic acid groups (broad SMARTS) is 1. The summed E-state index contributed by atoms with van der Waals surface area (Å²) in [7, 11) is 0. The second-order valence-electron chi connectivity index (χ2n) is 5.57. The zero-order chi connectivity index (χ0) is 17.9. The van der Waals surface area contributed by atoms with E-state index < -0.39 is 24.0 Å². The molecule has 1 fully saturated rings. The molecule has 7 nitrogen and oxygen atoms in total. The molecule has 0 spiro atoms. The lowest BCUT2D eigenvalue weighted by Gasteiger charge is -2.08. The summed E-state index contributed by atoms with van der Waals surface area (Å²) in [5.41, 5.74) is 0.629. The molecule has 1 aromatic heterocycles. The van der Waals surface area contributed by atoms with Crippen LogP contribution in [-0.4, -0.2) is 23.3 Å². The van der Waals surface area contributed by atoms with Crippen LogP contribution in [-0.2, 0) is 16.3 Å². The molecule has 1 aromatic rings. The van der Waals surface area contributed by atoms with E-state index in [0.29, 0.717) is 11.3 Å². The number of carbonyl (C=O) groups is 1. The molecule has 9 heteroatoms. The van der Waals surface area contributed by atoms with E-state index in [-0.39, 0.29) is 36.3 Å². The maximum atomic E-state index is 13.0. The molecule has 0 unspecified atom stereocenters. The van der Waals surface area contributed by atoms with Crippen molar-refractivity contribution >= 4 is 12.2 Å². The van der Waals surface area contributed by atoms with Crippen LogP contribution < -0.4 is 20.3 Å². The van der Waals surface area contributed by atoms with Crippen molar-refractivity contribution in [1.82, 2.24) is 0 Å². The molecular formula is C15H16F2N2O5. The second-order valence-corrected chi connectivity index (χ2v) is 5.57. The van der Waals surface area contributed by atoms with Gasteiger partial charge in [0.05, 0.1) is 23.3 Å². The highest BCUT2D eigenvalue weighted by molar-refractivity contribution is 5.81. The standard InChI is InChI=1S/C15H16F2N2O5/c1-7-13(20)11(9(4-18-7)6-24-23)5-19-12-3-8(15(21)22)2-10(12)14(16)17/h4-5,8,12,20,23H,2-3,6H2,1H3,(H,21,22)/t8-,12-/m0/s1. The lowest BCUT2D eigenvalue weighted by molar-refractivity contribution is -0.695. The molecule has 1 aliphatic rings. The molecule has 0 aliphatic heterocycles. The number of aromatic hydroxyl groups is 1. The molecule has 3 N–H and O–H groups in total. The van der Waals surface area contributed by atoms with E-state index in [2.05, 4.69) is 14.9 Å². The Kier molecular flexibility index (Phi) is 5.58. The van der Waals surface area contributed by atoms with E-state index in [9.17, 15) is 29.0 Å². The largest absolute Gasteiger partial charge is 0.723 e. The van der Waals surface area contributed by atoms with Gasteiger partial charge in [0, 0.05) is 25.2 Å². The Bertz CT molecular complexity index is 701. The summed E-state index contributed by atoms with van der Waals surface area (Å²) < 4.78 is 26.0. The third-order valence-corrected chi connectivity index (χ3v) is 4.05. The quantitative estimate of drug-likeness (QED) is 0.348. The summed E-state index contributed by atoms with van der Waals surface area (Å²) in [4.78, 5) is 20.1. The number of aryl methyl sites for hydroxylation is 1. The lowest BCUT2D eigenvalue weighted by atomic mass is 10.1. The van der Waals surface area contributed by atoms with Gasteiger partial charge in [-0.25, -0.2) is 9.98 Å². The monoisotopic (exact) mass is 342 g/mol. The molecule has 2 rings (SSSR count). The van der Waals surface area contributed by atoms with Gasteiger partial charge in [0.25, 0.3) is 6.08 Å². The smallest absolute Gasteiger partial charge is 0.276 e. The van der Waals surface area contributed by atoms with Crippen molar-refractivity contribution in [2.24, 2.45) is 5.92 Å². The predicted molar refractivity (Wildman–Crippen MR) is 71.1 cm³/mol. The third-order valence-electron chi connectivity index (χ3n) is 4.05. The van der Waals surface area contributed by atoms with Crippen molar-refractivity contribution in [2.75, 3.05) is 0 Å². The minimum absolute atomic E-state index is 0.0579. The lowest BCUT2D eigenvalue weighted by Crippen LogP contribution is -2.76. The van der Waals surface area contributed by atoms with Crippen LogP contribution in [0.5, 0.6) is 5.75 Å². The predicted octanol–water partition coefficient (Wildman–Crippen LogP) is -2.51. The fourth-order valence-electron chi connectivity index (χ4n) is 2.70. The molecule has 24 heavy (non-hydrogen) atoms. The fourth-order valence-corrected chi connectivity index (χ4v) is 2.70. The normalized spacial score (nSPS) is 20.8. The van der Waals surface area contributed by atoms with Gasteiger partial charge in [-0.2, -0.15) is 8.78 Å². The maximum Gasteiger partial charge on any atom is 0.276 e. The maximum absolute atomic E-state index is 13.0. The molecule has 0 aromatic carbocycles. The minimum Gasteiger partial charge on any atom is -0.723 e. The number of carboxylic acids is 1. The number of H-pyrrole nitrogens is 1. The van der Waals surface area contributed by atoms with E-state index in [4.69, 9.17) is 0 Å². The molecule has 0 bridgehead atoms. The van der Waals surface area contributed by atoms with Crippen LogP contribution in [0, 0.1) is 12.8 Å². The summed E-state index contributed by atoms with van der Waals surface area (Å²) in [5, 5.41) is 31.3. The van der Waals surface area contributed by atoms with E-state index in [0.717, 1.165) is 0 Å². The SMILES string of the molecule is Cc1[nH+]cc(CO[O-])c(C=[NH+][C@H]2C[C@@H](C(=O)[O-])CC2=C(F)F)c1O. The highest BCUT2D eigenvalue weighted by atomic mass is 19.3. The Morgan fingerprint density at radius 2 is 2.29 bits per heavy atom. The van der Waals surface area contributed by atoms with E-state index >= 15 is 0 Å². The van der Waals surface area contributed by atoms with Crippen LogP contribution in [0.2, 0.25) is 0 Å². The minimum atomic E-state index is -1.94. The Morgan fingerprint density at radius 1 is 1.58 bits per heavy atom. The van der Waals surface area contributed by atoms with Crippen molar-refractivity contribution in [2.45, 2.75) is 32.4 Å². The number of halogens is 2. The van der Waals surface area contributed by atoms with Crippen LogP contribution in [0.15, 0.2) is 17.9 Å². The number of rotatable bonds is 5. The van der Waals surface area contributed by atoms with Gasteiger partial charge < -0.3 is 25.2 Å². The molecule has 0 radical (unpaired) electrons. The van der Waals surface area contributed by atoms with Gasteiger partial charge in [-0.05, 0) is 6.42 Å². The van der Waals surface area contributed by atoms with E-state index in [1.165, 1.54) is 12.4 Å². The number of pyridine rings is 1. The first-order valence-corrected chi connectivity index (χ1v) is 7.17. The average molecular weight is 342 g/mol. The molecular weight excluding hydrogens is 326 g/mol. The van der Waals surface area contributed by atoms with Crippen molar-refractivity contribution in [3.63, 3.8) is 0 Å². The molecule has 0 saturated heterocycles. The number of hydrogen-bond donors (Lipinski definition) is 2. The average Bonchev–Trinajstić information content (AvgIpc) is 2.95. The number of nitrogens with one attached hydrogen (secondary N) is 2. The summed E-state index contributed by atoms with van der Waals surface area (Å²) in [6.45, 7) is 1.24.